The van der Waals surface area contributed by atoms with Crippen LogP contribution >= 0.6 is 0 Å². The Morgan fingerprint density at radius 3 is 3.00 bits per heavy atom. The Bertz CT molecular complexity index is 453. The Balaban J connectivity index is 2.05. The number of carbonyl (C=O) groups excluding carboxylic acids is 1. The average Bonchev–Trinajstić information content (AvgIpc) is 2.96. The maximum Gasteiger partial charge on any atom is 0.334 e. The molecular formula is C12H15NO5. The van der Waals surface area contributed by atoms with Crippen LogP contribution < -0.4 is 5.32 Å². The second kappa shape index (κ2) is 5.22. The van der Waals surface area contributed by atoms with Crippen LogP contribution in [-0.2, 0) is 16.0 Å². The Labute approximate surface area is 104 Å². The number of furan rings is 1. The molecule has 18 heavy (non-hydrogen) atoms. The third-order valence-corrected chi connectivity index (χ3v) is 2.96. The fourth-order valence-corrected chi connectivity index (χ4v) is 2.04. The molecule has 0 saturated carbocycles. The zero-order valence-corrected chi connectivity index (χ0v) is 10.0. The molecule has 1 fully saturated rings. The molecule has 2 rings (SSSR count). The molecule has 0 radical (unpaired) electrons. The first kappa shape index (κ1) is 12.6. The van der Waals surface area contributed by atoms with E-state index in [-0.39, 0.29) is 5.91 Å². The van der Waals surface area contributed by atoms with Crippen molar-refractivity contribution >= 4 is 11.9 Å². The van der Waals surface area contributed by atoms with E-state index >= 15 is 0 Å². The average molecular weight is 253 g/mol. The van der Waals surface area contributed by atoms with E-state index in [1.54, 1.807) is 6.07 Å². The van der Waals surface area contributed by atoms with E-state index in [0.29, 0.717) is 30.8 Å². The Hall–Kier alpha value is -1.82. The van der Waals surface area contributed by atoms with Gasteiger partial charge in [0.25, 0.3) is 5.91 Å². The van der Waals surface area contributed by atoms with Crippen LogP contribution in [0.15, 0.2) is 16.7 Å². The van der Waals surface area contributed by atoms with Gasteiger partial charge in [-0.05, 0) is 12.5 Å². The van der Waals surface area contributed by atoms with Crippen LogP contribution in [0.3, 0.4) is 0 Å². The van der Waals surface area contributed by atoms with E-state index in [2.05, 4.69) is 5.32 Å². The van der Waals surface area contributed by atoms with Crippen molar-refractivity contribution in [3.8, 4) is 0 Å². The van der Waals surface area contributed by atoms with E-state index < -0.39 is 18.1 Å². The third kappa shape index (κ3) is 2.38. The standard InChI is InChI=1S/C12H15NO5/c1-2-9-7(3-5-17-9)11(14)13-8-4-6-18-10(8)12(15)16/h3,5,8,10H,2,4,6H2,1H3,(H,13,14)(H,15,16)/t8-,10+/m1/s1. The molecular weight excluding hydrogens is 238 g/mol. The van der Waals surface area contributed by atoms with E-state index in [1.165, 1.54) is 6.26 Å². The highest BCUT2D eigenvalue weighted by molar-refractivity contribution is 5.95. The minimum absolute atomic E-state index is 0.317. The lowest BCUT2D eigenvalue weighted by Gasteiger charge is -2.16. The van der Waals surface area contributed by atoms with Gasteiger partial charge in [0.2, 0.25) is 0 Å². The van der Waals surface area contributed by atoms with Crippen molar-refractivity contribution in [2.45, 2.75) is 31.9 Å². The minimum atomic E-state index is -1.05. The monoisotopic (exact) mass is 253 g/mol. The molecule has 0 aliphatic carbocycles. The predicted octanol–water partition coefficient (Wildman–Crippen LogP) is 0.814. The Morgan fingerprint density at radius 1 is 1.56 bits per heavy atom. The number of aryl methyl sites for hydroxylation is 1. The number of aliphatic carboxylic acids is 1. The molecule has 2 atom stereocenters. The van der Waals surface area contributed by atoms with Gasteiger partial charge in [-0.2, -0.15) is 0 Å². The number of nitrogens with one attached hydrogen (secondary N) is 1. The zero-order chi connectivity index (χ0) is 13.1. The quantitative estimate of drug-likeness (QED) is 0.829. The van der Waals surface area contributed by atoms with E-state index in [9.17, 15) is 9.59 Å². The molecule has 1 aliphatic rings. The predicted molar refractivity (Wildman–Crippen MR) is 61.3 cm³/mol. The second-order valence-corrected chi connectivity index (χ2v) is 4.11. The first-order valence-electron chi connectivity index (χ1n) is 5.85. The fourth-order valence-electron chi connectivity index (χ4n) is 2.04. The molecule has 2 N–H and O–H groups in total. The highest BCUT2D eigenvalue weighted by Gasteiger charge is 2.35. The minimum Gasteiger partial charge on any atom is -0.479 e. The number of amides is 1. The van der Waals surface area contributed by atoms with Crippen molar-refractivity contribution < 1.29 is 23.8 Å². The van der Waals surface area contributed by atoms with Gasteiger partial charge in [0.05, 0.1) is 17.9 Å². The van der Waals surface area contributed by atoms with Crippen molar-refractivity contribution in [3.63, 3.8) is 0 Å². The van der Waals surface area contributed by atoms with Crippen LogP contribution in [0.25, 0.3) is 0 Å². The third-order valence-electron chi connectivity index (χ3n) is 2.96. The molecule has 0 aromatic carbocycles. The summed E-state index contributed by atoms with van der Waals surface area (Å²) in [5.74, 6) is -0.777. The van der Waals surface area contributed by atoms with Crippen LogP contribution in [0.5, 0.6) is 0 Å². The van der Waals surface area contributed by atoms with Crippen LogP contribution in [-0.4, -0.2) is 35.7 Å². The van der Waals surface area contributed by atoms with E-state index in [0.717, 1.165) is 0 Å². The molecule has 1 aliphatic heterocycles. The van der Waals surface area contributed by atoms with Crippen molar-refractivity contribution in [1.82, 2.24) is 5.32 Å². The Kier molecular flexibility index (Phi) is 3.66. The SMILES string of the molecule is CCc1occc1C(=O)N[C@@H]1CCO[C@@H]1C(=O)O. The summed E-state index contributed by atoms with van der Waals surface area (Å²) in [5, 5.41) is 11.6. The van der Waals surface area contributed by atoms with Crippen molar-refractivity contribution in [1.29, 1.82) is 0 Å². The first-order chi connectivity index (χ1) is 8.63. The summed E-state index contributed by atoms with van der Waals surface area (Å²) in [4.78, 5) is 22.9. The number of carbonyl (C=O) groups is 2. The topological polar surface area (TPSA) is 88.8 Å². The van der Waals surface area contributed by atoms with Crippen molar-refractivity contribution in [3.05, 3.63) is 23.7 Å². The maximum absolute atomic E-state index is 12.0. The van der Waals surface area contributed by atoms with Crippen LogP contribution in [0.4, 0.5) is 0 Å². The number of carboxylic acids is 1. The molecule has 1 aromatic rings. The lowest BCUT2D eigenvalue weighted by Crippen LogP contribution is -2.44. The van der Waals surface area contributed by atoms with Crippen LogP contribution in [0.2, 0.25) is 0 Å². The summed E-state index contributed by atoms with van der Waals surface area (Å²) in [7, 11) is 0. The van der Waals surface area contributed by atoms with Gasteiger partial charge in [-0.25, -0.2) is 4.79 Å². The van der Waals surface area contributed by atoms with Gasteiger partial charge in [-0.1, -0.05) is 6.92 Å². The molecule has 2 heterocycles. The van der Waals surface area contributed by atoms with Gasteiger partial charge < -0.3 is 19.6 Å². The zero-order valence-electron chi connectivity index (χ0n) is 10.0. The number of hydrogen-bond acceptors (Lipinski definition) is 4. The van der Waals surface area contributed by atoms with Crippen molar-refractivity contribution in [2.75, 3.05) is 6.61 Å². The highest BCUT2D eigenvalue weighted by Crippen LogP contribution is 2.16. The Morgan fingerprint density at radius 2 is 2.33 bits per heavy atom. The van der Waals surface area contributed by atoms with E-state index in [1.807, 2.05) is 6.92 Å². The van der Waals surface area contributed by atoms with Crippen LogP contribution in [0.1, 0.15) is 29.5 Å². The lowest BCUT2D eigenvalue weighted by atomic mass is 10.1. The smallest absolute Gasteiger partial charge is 0.334 e. The molecule has 1 saturated heterocycles. The van der Waals surface area contributed by atoms with Gasteiger partial charge in [0.15, 0.2) is 6.10 Å². The van der Waals surface area contributed by atoms with Gasteiger partial charge in [-0.3, -0.25) is 4.79 Å². The second-order valence-electron chi connectivity index (χ2n) is 4.11. The summed E-state index contributed by atoms with van der Waals surface area (Å²) in [6.07, 6.45) is 1.60. The molecule has 6 heteroatoms. The lowest BCUT2D eigenvalue weighted by molar-refractivity contribution is -0.148. The summed E-state index contributed by atoms with van der Waals surface area (Å²) in [6, 6.07) is 1.09. The first-order valence-corrected chi connectivity index (χ1v) is 5.85. The maximum atomic E-state index is 12.0. The largest absolute Gasteiger partial charge is 0.479 e. The molecule has 1 amide bonds. The van der Waals surface area contributed by atoms with Crippen LogP contribution in [0, 0.1) is 0 Å². The highest BCUT2D eigenvalue weighted by atomic mass is 16.5. The number of rotatable bonds is 4. The number of ether oxygens (including phenoxy) is 1. The fraction of sp³-hybridized carbons (Fsp3) is 0.500. The molecule has 0 spiro atoms. The van der Waals surface area contributed by atoms with Gasteiger partial charge in [-0.15, -0.1) is 0 Å². The van der Waals surface area contributed by atoms with Crippen molar-refractivity contribution in [2.24, 2.45) is 0 Å². The van der Waals surface area contributed by atoms with E-state index in [4.69, 9.17) is 14.3 Å². The summed E-state index contributed by atoms with van der Waals surface area (Å²) in [5.41, 5.74) is 0.452. The van der Waals surface area contributed by atoms with Gasteiger partial charge >= 0.3 is 5.97 Å². The van der Waals surface area contributed by atoms with Gasteiger partial charge in [0.1, 0.15) is 5.76 Å². The molecule has 0 unspecified atom stereocenters. The van der Waals surface area contributed by atoms with Gasteiger partial charge in [0, 0.05) is 13.0 Å². The summed E-state index contributed by atoms with van der Waals surface area (Å²) in [6.45, 7) is 2.22. The summed E-state index contributed by atoms with van der Waals surface area (Å²) >= 11 is 0. The molecule has 6 nitrogen and oxygen atoms in total. The molecule has 0 bridgehead atoms. The molecule has 98 valence electrons. The number of carboxylic acid groups (broad SMARTS) is 1. The summed E-state index contributed by atoms with van der Waals surface area (Å²) < 4.78 is 10.2. The normalized spacial score (nSPS) is 22.9. The molecule has 1 aromatic heterocycles. The number of hydrogen-bond donors (Lipinski definition) is 2.